The Kier molecular flexibility index (Phi) is 32.3. The number of fused-ring (bicyclic) bond motifs is 8. The number of amides is 7. The smallest absolute Gasteiger partial charge is 1.00 e. The molecule has 135 heavy (non-hydrogen) atoms. The number of nitrogen functional groups attached to an aromatic ring is 3. The summed E-state index contributed by atoms with van der Waals surface area (Å²) in [5, 5.41) is 46.0. The Labute approximate surface area is 811 Å². The molecule has 20 N–H and O–H groups in total. The number of primary amides is 1. The van der Waals surface area contributed by atoms with Gasteiger partial charge in [0.2, 0.25) is 11.8 Å². The summed E-state index contributed by atoms with van der Waals surface area (Å²) in [6, 6.07) is 14.1. The molecular formula is C87H99BBr2N26NaO18. The Morgan fingerprint density at radius 2 is 0.770 bits per heavy atom. The molecule has 19 rings (SSSR count). The van der Waals surface area contributed by atoms with Crippen molar-refractivity contribution in [3.05, 3.63) is 197 Å². The second kappa shape index (κ2) is 42.6. The Morgan fingerprint density at radius 1 is 0.430 bits per heavy atom. The fourth-order valence-corrected chi connectivity index (χ4v) is 18.8. The number of carbonyl (C=O) groups excluding carboxylic acids is 11. The largest absolute Gasteiger partial charge is 1.00 e. The van der Waals surface area contributed by atoms with Crippen LogP contribution in [0.4, 0.5) is 63.6 Å². The van der Waals surface area contributed by atoms with Gasteiger partial charge < -0.3 is 87.4 Å². The molecule has 6 fully saturated rings. The maximum atomic E-state index is 13.4. The van der Waals surface area contributed by atoms with E-state index in [0.29, 0.717) is 184 Å². The van der Waals surface area contributed by atoms with Gasteiger partial charge in [-0.25, -0.2) is 39.9 Å². The summed E-state index contributed by atoms with van der Waals surface area (Å²) >= 11 is 6.26. The minimum atomic E-state index is -1.02. The zero-order valence-corrected chi connectivity index (χ0v) is 79.9. The van der Waals surface area contributed by atoms with E-state index in [9.17, 15) is 86.9 Å². The van der Waals surface area contributed by atoms with Crippen molar-refractivity contribution < 1.29 is 93.9 Å². The molecule has 3 radical (unpaired) electrons. The number of halogens is 2. The van der Waals surface area contributed by atoms with Gasteiger partial charge in [-0.15, -0.1) is 0 Å². The van der Waals surface area contributed by atoms with Gasteiger partial charge in [0.25, 0.3) is 57.3 Å². The number of nitrogens with zero attached hydrogens (tertiary/aromatic N) is 12. The second-order valence-electron chi connectivity index (χ2n) is 34.0. The third-order valence-electron chi connectivity index (χ3n) is 23.7. The van der Waals surface area contributed by atoms with E-state index in [0.717, 1.165) is 37.7 Å². The number of nitrogens with one attached hydrogen (secondary N) is 10. The van der Waals surface area contributed by atoms with Gasteiger partial charge in [0.15, 0.2) is 0 Å². The molecule has 9 aromatic rings. The molecule has 6 atom stereocenters. The van der Waals surface area contributed by atoms with Gasteiger partial charge in [0.05, 0.1) is 27.6 Å². The SMILES string of the molecule is CC(=O)Nc1cc(N)ncn1.Cc1cc(Br)c(=O)[nH]c1C(N)=O.Cc1cc(Br)c(=O)n2c1C(=O)NC21CCCC(=O)C1.Cc1cc(Nc2cc(N)ncn2)c(=O)n2c1C(=O)NC21CCCC(O)C1.Cc1cc(Nc2cc(N)ncn2)c(=O)n2c1C(=O)NC21CCCC(O)C1.Cc1cc(Nc2cc(NC(=O)C3CC3)ncn2)c(=O)n2c1C(=O)NC21CCCC(=O)C1.O=C1CCCC(=O)C1.[B].[H-].[Na+]. The van der Waals surface area contributed by atoms with E-state index in [1.807, 2.05) is 0 Å². The number of aliphatic hydroxyl groups is 2. The molecule has 7 amide bonds. The molecule has 4 spiro atoms. The Morgan fingerprint density at radius 3 is 1.14 bits per heavy atom. The number of aromatic nitrogens is 13. The number of hydrogen-bond acceptors (Lipinski definition) is 32. The molecular weight excluding hydrogens is 1890 g/mol. The number of aryl methyl sites for hydroxylation is 5. The summed E-state index contributed by atoms with van der Waals surface area (Å²) in [4.78, 5) is 225. The molecule has 0 aromatic carbocycles. The van der Waals surface area contributed by atoms with Gasteiger partial charge in [-0.3, -0.25) is 95.0 Å². The van der Waals surface area contributed by atoms with Gasteiger partial charge in [-0.05, 0) is 208 Å². The first-order valence-electron chi connectivity index (χ1n) is 42.7. The Hall–Kier alpha value is -13.2. The number of anilines is 11. The Bertz CT molecular complexity index is 6450. The second-order valence-corrected chi connectivity index (χ2v) is 35.7. The van der Waals surface area contributed by atoms with Crippen molar-refractivity contribution in [2.75, 3.05) is 43.8 Å². The van der Waals surface area contributed by atoms with Crippen molar-refractivity contribution in [2.24, 2.45) is 11.7 Å². The fraction of sp³-hybridized carbons (Fsp3) is 0.402. The van der Waals surface area contributed by atoms with Crippen LogP contribution in [0.15, 0.2) is 113 Å². The number of aromatic amines is 1. The zero-order chi connectivity index (χ0) is 96.0. The van der Waals surface area contributed by atoms with Crippen LogP contribution < -0.4 is 128 Å². The van der Waals surface area contributed by atoms with Crippen LogP contribution in [0.1, 0.15) is 230 Å². The maximum Gasteiger partial charge on any atom is 1.00 e. The number of aliphatic hydroxyl groups excluding tert-OH is 2. The van der Waals surface area contributed by atoms with Crippen LogP contribution >= 0.6 is 31.9 Å². The summed E-state index contributed by atoms with van der Waals surface area (Å²) in [5.74, 6) is 1.10. The van der Waals surface area contributed by atoms with Crippen molar-refractivity contribution in [2.45, 2.75) is 218 Å². The van der Waals surface area contributed by atoms with Crippen LogP contribution in [0, 0.1) is 40.5 Å². The summed E-state index contributed by atoms with van der Waals surface area (Å²) in [6.45, 7) is 10.2. The van der Waals surface area contributed by atoms with Crippen molar-refractivity contribution in [3.8, 4) is 0 Å². The van der Waals surface area contributed by atoms with Gasteiger partial charge >= 0.3 is 29.6 Å². The topological polar surface area (TPSA) is 665 Å². The molecule has 48 heteroatoms. The van der Waals surface area contributed by atoms with E-state index in [1.165, 1.54) is 68.7 Å². The van der Waals surface area contributed by atoms with Crippen LogP contribution in [-0.4, -0.2) is 158 Å². The van der Waals surface area contributed by atoms with Gasteiger partial charge in [-0.1, -0.05) is 0 Å². The minimum Gasteiger partial charge on any atom is -1.00 e. The molecule has 6 aliphatic carbocycles. The molecule has 703 valence electrons. The number of pyridine rings is 5. The normalized spacial score (nSPS) is 21.0. The first-order chi connectivity index (χ1) is 63.1. The average Bonchev–Trinajstić information content (AvgIpc) is 1.58. The molecule has 9 aromatic heterocycles. The Balaban J connectivity index is 0.000000170. The van der Waals surface area contributed by atoms with Crippen LogP contribution in [0.5, 0.6) is 0 Å². The third-order valence-corrected chi connectivity index (χ3v) is 24.9. The summed E-state index contributed by atoms with van der Waals surface area (Å²) in [6.07, 6.45) is 16.4. The predicted octanol–water partition coefficient (Wildman–Crippen LogP) is 2.24. The standard InChI is InChI=1S/C21H22N6O4.2C17H20N6O3.C13H13BrN2O3.C7H7BrN2O2.C6H8N4O.C6H8O2.B.Na.H/c1-11-7-14(24-15-8-16(23-10-22-15)25-18(29)12-4-5-12)20(31)27-17(11)19(30)26-21(27)6-2-3-13(28)9-21;2*1-9-5-11(21-13-6-12(18)19-8-20-13)16(26)23-14(9)15(25)22-17(23)4-2-3-10(24)7-17;1-7-5-9(14)12(19)16-10(7)11(18)15-13(16)4-2-3-8(17)6-13;1-3-2-4(8)7(12)10-5(3)6(9)11;1-4(11)10-6-2-5(7)8-3-9-6;7-5-2-1-3-6(8)4-5;;;/h7-8,10,12H,2-6,9H2,1H3,(H,26,30)(H2,22,23,24,25,29);2*5-6,8,10,24H,2-4,7H2,1H3,(H,22,25)(H3,18,19,20,21);5H,2-4,6H2,1H3,(H,15,18);2H,1H3,(H2,9,11)(H,10,12);2-3H,1H3,(H3,7,8,9,10,11);1-4H2;;;/q;;;;;;;;+1;-1. The van der Waals surface area contributed by atoms with Crippen molar-refractivity contribution in [1.29, 1.82) is 0 Å². The van der Waals surface area contributed by atoms with Crippen molar-refractivity contribution in [1.82, 2.24) is 84.4 Å². The van der Waals surface area contributed by atoms with Gasteiger partial charge in [0, 0.05) is 96.9 Å². The first-order valence-corrected chi connectivity index (χ1v) is 44.3. The van der Waals surface area contributed by atoms with Crippen molar-refractivity contribution in [3.63, 3.8) is 0 Å². The van der Waals surface area contributed by atoms with Crippen LogP contribution in [-0.2, 0) is 51.4 Å². The molecule has 6 saturated carbocycles. The van der Waals surface area contributed by atoms with Crippen molar-refractivity contribution >= 4 is 168 Å². The van der Waals surface area contributed by atoms with Crippen LogP contribution in [0.25, 0.3) is 0 Å². The molecule has 10 aliphatic rings. The maximum absolute atomic E-state index is 13.4. The summed E-state index contributed by atoms with van der Waals surface area (Å²) in [5.41, 5.74) is 22.0. The summed E-state index contributed by atoms with van der Waals surface area (Å²) < 4.78 is 6.72. The average molecular weight is 1990 g/mol. The zero-order valence-electron chi connectivity index (χ0n) is 75.7. The minimum absolute atomic E-state index is 0. The van der Waals surface area contributed by atoms with Crippen LogP contribution in [0.2, 0.25) is 0 Å². The quantitative estimate of drug-likeness (QED) is 0.0689. The molecule has 6 unspecified atom stereocenters. The summed E-state index contributed by atoms with van der Waals surface area (Å²) in [7, 11) is 0. The molecule has 0 bridgehead atoms. The number of H-pyrrole nitrogens is 1. The molecule has 13 heterocycles. The van der Waals surface area contributed by atoms with E-state index in [-0.39, 0.29) is 174 Å². The van der Waals surface area contributed by atoms with Gasteiger partial charge in [-0.2, -0.15) is 0 Å². The van der Waals surface area contributed by atoms with E-state index in [1.54, 1.807) is 71.0 Å². The molecule has 4 aliphatic heterocycles. The third kappa shape index (κ3) is 23.1. The van der Waals surface area contributed by atoms with Gasteiger partial charge in [0.1, 0.15) is 163 Å². The monoisotopic (exact) mass is 1990 g/mol. The molecule has 0 saturated heterocycles. The number of nitrogens with two attached hydrogens (primary N) is 4. The fourth-order valence-electron chi connectivity index (χ4n) is 17.8. The van der Waals surface area contributed by atoms with E-state index >= 15 is 0 Å². The first kappa shape index (κ1) is 102. The van der Waals surface area contributed by atoms with Crippen LogP contribution in [0.3, 0.4) is 0 Å². The number of ketones is 4. The number of carbonyl (C=O) groups is 11. The predicted molar refractivity (Wildman–Crippen MR) is 497 cm³/mol. The van der Waals surface area contributed by atoms with E-state index in [4.69, 9.17) is 22.9 Å². The van der Waals surface area contributed by atoms with E-state index < -0.39 is 46.3 Å². The van der Waals surface area contributed by atoms with E-state index in [2.05, 4.69) is 125 Å². The number of hydrogen-bond donors (Lipinski definition) is 16. The number of rotatable bonds is 10. The number of Topliss-reactive ketones (excluding diaryl/α,β-unsaturated/α-hetero) is 4. The molecule has 44 nitrogen and oxygen atoms in total.